The van der Waals surface area contributed by atoms with Crippen LogP contribution in [0, 0.1) is 0 Å². The molecular weight excluding hydrogens is 530 g/mol. The lowest BCUT2D eigenvalue weighted by Crippen LogP contribution is -2.51. The zero-order chi connectivity index (χ0) is 31.2. The van der Waals surface area contributed by atoms with Gasteiger partial charge in [0.2, 0.25) is 0 Å². The van der Waals surface area contributed by atoms with Crippen molar-refractivity contribution in [2.24, 2.45) is 0 Å². The number of carbonyl (C=O) groups is 3. The molecule has 0 aliphatic carbocycles. The summed E-state index contributed by atoms with van der Waals surface area (Å²) in [7, 11) is 0. The lowest BCUT2D eigenvalue weighted by Gasteiger charge is -2.39. The van der Waals surface area contributed by atoms with Gasteiger partial charge in [0.15, 0.2) is 0 Å². The second-order valence-electron chi connectivity index (χ2n) is 12.4. The Morgan fingerprint density at radius 2 is 0.833 bits per heavy atom. The molecule has 0 heterocycles. The van der Waals surface area contributed by atoms with Gasteiger partial charge in [-0.15, -0.1) is 0 Å². The van der Waals surface area contributed by atoms with Crippen molar-refractivity contribution in [2.45, 2.75) is 167 Å². The SMILES string of the molecule is CCCC/C=C/CCCCCCCCCCCCCC[N+](CCCCC(=O)[O-])(CCCCC(=O)O)CCCCC(=O)O. The first-order chi connectivity index (χ1) is 20.3. The van der Waals surface area contributed by atoms with E-state index in [0.29, 0.717) is 19.3 Å². The van der Waals surface area contributed by atoms with E-state index in [2.05, 4.69) is 19.1 Å². The van der Waals surface area contributed by atoms with Crippen molar-refractivity contribution in [1.82, 2.24) is 0 Å². The molecular formula is C35H65NO6. The average molecular weight is 596 g/mol. The predicted molar refractivity (Wildman–Crippen MR) is 170 cm³/mol. The maximum atomic E-state index is 11.0. The molecule has 7 nitrogen and oxygen atoms in total. The molecule has 0 aromatic heterocycles. The van der Waals surface area contributed by atoms with Gasteiger partial charge in [0.25, 0.3) is 0 Å². The molecule has 0 bridgehead atoms. The zero-order valence-corrected chi connectivity index (χ0v) is 27.1. The Hall–Kier alpha value is -1.89. The number of hydrogen-bond donors (Lipinski definition) is 2. The van der Waals surface area contributed by atoms with Crippen molar-refractivity contribution in [3.05, 3.63) is 12.2 Å². The number of allylic oxidation sites excluding steroid dienone is 2. The molecule has 2 N–H and O–H groups in total. The van der Waals surface area contributed by atoms with Crippen LogP contribution in [0.4, 0.5) is 0 Å². The van der Waals surface area contributed by atoms with E-state index in [1.54, 1.807) is 0 Å². The first kappa shape index (κ1) is 40.1. The summed E-state index contributed by atoms with van der Waals surface area (Å²) in [6, 6.07) is 0. The van der Waals surface area contributed by atoms with Crippen LogP contribution in [0.2, 0.25) is 0 Å². The highest BCUT2D eigenvalue weighted by molar-refractivity contribution is 5.66. The first-order valence-corrected chi connectivity index (χ1v) is 17.4. The summed E-state index contributed by atoms with van der Waals surface area (Å²) in [5.41, 5.74) is 0. The second kappa shape index (κ2) is 29.2. The highest BCUT2D eigenvalue weighted by Gasteiger charge is 2.26. The van der Waals surface area contributed by atoms with E-state index in [4.69, 9.17) is 10.2 Å². The van der Waals surface area contributed by atoms with Crippen LogP contribution in [0.3, 0.4) is 0 Å². The van der Waals surface area contributed by atoms with Gasteiger partial charge in [-0.2, -0.15) is 0 Å². The minimum atomic E-state index is -1.02. The van der Waals surface area contributed by atoms with Crippen LogP contribution in [0.25, 0.3) is 0 Å². The largest absolute Gasteiger partial charge is 0.550 e. The van der Waals surface area contributed by atoms with E-state index >= 15 is 0 Å². The fourth-order valence-corrected chi connectivity index (χ4v) is 5.87. The molecule has 0 unspecified atom stereocenters. The van der Waals surface area contributed by atoms with Crippen molar-refractivity contribution in [1.29, 1.82) is 0 Å². The summed E-state index contributed by atoms with van der Waals surface area (Å²) in [6.45, 7) is 5.86. The van der Waals surface area contributed by atoms with Crippen molar-refractivity contribution in [2.75, 3.05) is 26.2 Å². The lowest BCUT2D eigenvalue weighted by atomic mass is 10.0. The maximum Gasteiger partial charge on any atom is 0.303 e. The van der Waals surface area contributed by atoms with E-state index in [1.807, 2.05) is 0 Å². The van der Waals surface area contributed by atoms with Gasteiger partial charge >= 0.3 is 11.9 Å². The molecule has 246 valence electrons. The Morgan fingerprint density at radius 1 is 0.500 bits per heavy atom. The quantitative estimate of drug-likeness (QED) is 0.0451. The molecule has 42 heavy (non-hydrogen) atoms. The van der Waals surface area contributed by atoms with Gasteiger partial charge in [0, 0.05) is 18.8 Å². The normalized spacial score (nSPS) is 11.8. The summed E-state index contributed by atoms with van der Waals surface area (Å²) in [5, 5.41) is 29.0. The number of rotatable bonds is 33. The van der Waals surface area contributed by atoms with Crippen LogP contribution >= 0.6 is 0 Å². The zero-order valence-electron chi connectivity index (χ0n) is 27.1. The average Bonchev–Trinajstić information content (AvgIpc) is 2.94. The van der Waals surface area contributed by atoms with E-state index in [1.165, 1.54) is 96.3 Å². The highest BCUT2D eigenvalue weighted by atomic mass is 16.4. The molecule has 0 aromatic rings. The summed E-state index contributed by atoms with van der Waals surface area (Å²) < 4.78 is 0.849. The number of carbonyl (C=O) groups excluding carboxylic acids is 1. The topological polar surface area (TPSA) is 115 Å². The molecule has 0 fully saturated rings. The minimum absolute atomic E-state index is 0.0643. The van der Waals surface area contributed by atoms with Gasteiger partial charge in [-0.3, -0.25) is 9.59 Å². The standard InChI is InChI=1S/C35H65NO6/c1-2-3-4-5-6-7-8-9-10-11-12-13-14-15-16-17-18-22-29-36(30-23-19-26-33(37)38,31-24-20-27-34(39)40)32-25-21-28-35(41)42/h5-6H,2-4,7-32H2,1H3,(H2-,37,38,39,40,41,42)/b6-5+. The molecule has 0 atom stereocenters. The third-order valence-electron chi connectivity index (χ3n) is 8.45. The number of carboxylic acid groups (broad SMARTS) is 3. The Balaban J connectivity index is 4.32. The van der Waals surface area contributed by atoms with Gasteiger partial charge in [0.1, 0.15) is 0 Å². The lowest BCUT2D eigenvalue weighted by molar-refractivity contribution is -0.929. The van der Waals surface area contributed by atoms with Crippen molar-refractivity contribution < 1.29 is 34.2 Å². The van der Waals surface area contributed by atoms with Crippen LogP contribution in [-0.2, 0) is 14.4 Å². The van der Waals surface area contributed by atoms with Gasteiger partial charge < -0.3 is 24.6 Å². The van der Waals surface area contributed by atoms with E-state index in [0.717, 1.165) is 56.3 Å². The summed E-state index contributed by atoms with van der Waals surface area (Å²) in [6.07, 6.45) is 30.0. The van der Waals surface area contributed by atoms with Gasteiger partial charge in [-0.1, -0.05) is 89.7 Å². The number of hydrogen-bond acceptors (Lipinski definition) is 4. The molecule has 0 aromatic carbocycles. The first-order valence-electron chi connectivity index (χ1n) is 17.4. The van der Waals surface area contributed by atoms with E-state index in [9.17, 15) is 19.5 Å². The number of carboxylic acids is 3. The van der Waals surface area contributed by atoms with E-state index in [-0.39, 0.29) is 19.3 Å². The molecule has 0 radical (unpaired) electrons. The number of aliphatic carboxylic acids is 3. The molecule has 0 amide bonds. The van der Waals surface area contributed by atoms with Crippen molar-refractivity contribution in [3.8, 4) is 0 Å². The summed E-state index contributed by atoms with van der Waals surface area (Å²) in [4.78, 5) is 32.9. The molecule has 0 rings (SSSR count). The highest BCUT2D eigenvalue weighted by Crippen LogP contribution is 2.20. The summed E-state index contributed by atoms with van der Waals surface area (Å²) in [5.74, 6) is -2.56. The maximum absolute atomic E-state index is 11.0. The van der Waals surface area contributed by atoms with Crippen LogP contribution in [-0.4, -0.2) is 58.8 Å². The molecule has 0 saturated carbocycles. The number of nitrogens with zero attached hydrogens (tertiary/aromatic N) is 1. The Morgan fingerprint density at radius 3 is 1.21 bits per heavy atom. The van der Waals surface area contributed by atoms with Gasteiger partial charge in [-0.25, -0.2) is 0 Å². The third-order valence-corrected chi connectivity index (χ3v) is 8.45. The fraction of sp³-hybridized carbons (Fsp3) is 0.857. The predicted octanol–water partition coefficient (Wildman–Crippen LogP) is 8.05. The molecule has 0 spiro atoms. The molecule has 0 saturated heterocycles. The van der Waals surface area contributed by atoms with Crippen LogP contribution in [0.5, 0.6) is 0 Å². The van der Waals surface area contributed by atoms with Crippen LogP contribution in [0.15, 0.2) is 12.2 Å². The summed E-state index contributed by atoms with van der Waals surface area (Å²) >= 11 is 0. The van der Waals surface area contributed by atoms with Crippen molar-refractivity contribution >= 4 is 17.9 Å². The monoisotopic (exact) mass is 595 g/mol. The minimum Gasteiger partial charge on any atom is -0.550 e. The third kappa shape index (κ3) is 28.2. The Labute approximate surface area is 257 Å². The van der Waals surface area contributed by atoms with Crippen LogP contribution in [0.1, 0.15) is 167 Å². The Kier molecular flexibility index (Phi) is 27.9. The molecule has 7 heteroatoms. The number of unbranched alkanes of at least 4 members (excludes halogenated alkanes) is 17. The Bertz CT molecular complexity index is 638. The van der Waals surface area contributed by atoms with Crippen LogP contribution < -0.4 is 5.11 Å². The number of quaternary nitrogens is 1. The molecule has 0 aliphatic heterocycles. The molecule has 0 aliphatic rings. The van der Waals surface area contributed by atoms with Crippen molar-refractivity contribution in [3.63, 3.8) is 0 Å². The fourth-order valence-electron chi connectivity index (χ4n) is 5.87. The smallest absolute Gasteiger partial charge is 0.303 e. The van der Waals surface area contributed by atoms with Gasteiger partial charge in [0.05, 0.1) is 26.2 Å². The van der Waals surface area contributed by atoms with E-state index < -0.39 is 17.9 Å². The van der Waals surface area contributed by atoms with Gasteiger partial charge in [-0.05, 0) is 77.0 Å². The second-order valence-corrected chi connectivity index (χ2v) is 12.4.